The molecule has 32 heavy (non-hydrogen) atoms. The first kappa shape index (κ1) is 23.4. The molecule has 0 aliphatic rings. The van der Waals surface area contributed by atoms with E-state index in [1.54, 1.807) is 45.9 Å². The van der Waals surface area contributed by atoms with E-state index in [1.807, 2.05) is 19.9 Å². The van der Waals surface area contributed by atoms with Crippen molar-refractivity contribution in [1.29, 1.82) is 0 Å². The summed E-state index contributed by atoms with van der Waals surface area (Å²) in [5.41, 5.74) is 1.44. The molecule has 0 bridgehead atoms. The van der Waals surface area contributed by atoms with Crippen LogP contribution in [0.25, 0.3) is 0 Å². The fourth-order valence-corrected chi connectivity index (χ4v) is 4.90. The molecule has 1 aromatic heterocycles. The summed E-state index contributed by atoms with van der Waals surface area (Å²) in [6.45, 7) is 7.76. The van der Waals surface area contributed by atoms with Crippen molar-refractivity contribution in [3.63, 3.8) is 0 Å². The normalized spacial score (nSPS) is 11.5. The van der Waals surface area contributed by atoms with Gasteiger partial charge in [-0.15, -0.1) is 6.58 Å². The highest BCUT2D eigenvalue weighted by atomic mass is 32.2. The van der Waals surface area contributed by atoms with Gasteiger partial charge in [0.1, 0.15) is 5.82 Å². The molecule has 0 radical (unpaired) electrons. The lowest BCUT2D eigenvalue weighted by molar-refractivity contribution is 0.0685. The Bertz CT molecular complexity index is 1200. The summed E-state index contributed by atoms with van der Waals surface area (Å²) >= 11 is 0. The van der Waals surface area contributed by atoms with Crippen molar-refractivity contribution in [2.24, 2.45) is 0 Å². The second-order valence-corrected chi connectivity index (χ2v) is 9.60. The van der Waals surface area contributed by atoms with Gasteiger partial charge in [0.25, 0.3) is 5.91 Å². The van der Waals surface area contributed by atoms with Gasteiger partial charge in [-0.05, 0) is 37.6 Å². The van der Waals surface area contributed by atoms with Crippen LogP contribution in [0.2, 0.25) is 0 Å². The third-order valence-electron chi connectivity index (χ3n) is 4.98. The van der Waals surface area contributed by atoms with Gasteiger partial charge >= 0.3 is 0 Å². The summed E-state index contributed by atoms with van der Waals surface area (Å²) in [6, 6.07) is 14.2. The first-order chi connectivity index (χ1) is 15.2. The molecule has 0 aliphatic heterocycles. The van der Waals surface area contributed by atoms with Gasteiger partial charge in [-0.1, -0.05) is 42.5 Å². The van der Waals surface area contributed by atoms with Crippen LogP contribution in [0, 0.1) is 5.82 Å². The van der Waals surface area contributed by atoms with Crippen molar-refractivity contribution >= 4 is 15.7 Å². The Morgan fingerprint density at radius 3 is 2.53 bits per heavy atom. The molecular weight excluding hydrogens is 429 g/mol. The number of amides is 1. The van der Waals surface area contributed by atoms with Gasteiger partial charge in [-0.25, -0.2) is 17.8 Å². The van der Waals surface area contributed by atoms with Crippen molar-refractivity contribution in [3.8, 4) is 0 Å². The summed E-state index contributed by atoms with van der Waals surface area (Å²) in [6.07, 6.45) is 3.05. The summed E-state index contributed by atoms with van der Waals surface area (Å²) in [5, 5.41) is -0.0711. The second kappa shape index (κ2) is 9.91. The van der Waals surface area contributed by atoms with Crippen LogP contribution in [0.15, 0.2) is 78.6 Å². The highest BCUT2D eigenvalue weighted by molar-refractivity contribution is 7.90. The third kappa shape index (κ3) is 5.31. The Morgan fingerprint density at radius 2 is 1.91 bits per heavy atom. The van der Waals surface area contributed by atoms with Crippen LogP contribution in [0.5, 0.6) is 0 Å². The number of sulfone groups is 1. The number of nitrogens with zero attached hydrogens (tertiary/aromatic N) is 3. The predicted molar refractivity (Wildman–Crippen MR) is 121 cm³/mol. The maximum atomic E-state index is 13.6. The second-order valence-electron chi connectivity index (χ2n) is 7.71. The van der Waals surface area contributed by atoms with E-state index < -0.39 is 15.7 Å². The highest BCUT2D eigenvalue weighted by Gasteiger charge is 2.26. The minimum Gasteiger partial charge on any atom is -0.330 e. The van der Waals surface area contributed by atoms with E-state index in [1.165, 1.54) is 24.4 Å². The van der Waals surface area contributed by atoms with Crippen molar-refractivity contribution in [3.05, 3.63) is 96.1 Å². The van der Waals surface area contributed by atoms with Gasteiger partial charge in [-0.3, -0.25) is 4.79 Å². The van der Waals surface area contributed by atoms with Gasteiger partial charge in [0.05, 0.1) is 24.2 Å². The smallest absolute Gasteiger partial charge is 0.254 e. The third-order valence-corrected chi connectivity index (χ3v) is 6.57. The van der Waals surface area contributed by atoms with Crippen molar-refractivity contribution in [1.82, 2.24) is 14.5 Å². The van der Waals surface area contributed by atoms with Crippen LogP contribution in [-0.4, -0.2) is 34.8 Å². The van der Waals surface area contributed by atoms with Gasteiger partial charge in [0.2, 0.25) is 15.0 Å². The molecule has 0 unspecified atom stereocenters. The van der Waals surface area contributed by atoms with Crippen LogP contribution in [-0.2, 0) is 28.7 Å². The fourth-order valence-electron chi connectivity index (χ4n) is 3.40. The predicted octanol–water partition coefficient (Wildman–Crippen LogP) is 4.23. The zero-order valence-electron chi connectivity index (χ0n) is 18.1. The largest absolute Gasteiger partial charge is 0.330 e. The molecule has 0 N–H and O–H groups in total. The zero-order chi connectivity index (χ0) is 23.3. The molecule has 0 aliphatic carbocycles. The maximum Gasteiger partial charge on any atom is 0.254 e. The summed E-state index contributed by atoms with van der Waals surface area (Å²) in [7, 11) is -3.73. The number of halogens is 1. The molecule has 2 aromatic carbocycles. The average Bonchev–Trinajstić information content (AvgIpc) is 3.15. The monoisotopic (exact) mass is 455 g/mol. The van der Waals surface area contributed by atoms with Gasteiger partial charge < -0.3 is 9.47 Å². The van der Waals surface area contributed by atoms with Gasteiger partial charge in [0, 0.05) is 18.2 Å². The first-order valence-electron chi connectivity index (χ1n) is 10.2. The molecule has 3 rings (SSSR count). The van der Waals surface area contributed by atoms with E-state index in [4.69, 9.17) is 0 Å². The SMILES string of the molecule is C=CCn1c(CN(C(=O)c2cccc(F)c2)C(C)C)cnc1S(=O)(=O)Cc1ccccc1. The van der Waals surface area contributed by atoms with Crippen LogP contribution < -0.4 is 0 Å². The molecule has 0 atom stereocenters. The number of allylic oxidation sites excluding steroid dienone is 1. The number of benzene rings is 2. The number of hydrogen-bond donors (Lipinski definition) is 0. The van der Waals surface area contributed by atoms with E-state index in [0.29, 0.717) is 11.3 Å². The molecule has 8 heteroatoms. The molecule has 0 saturated heterocycles. The van der Waals surface area contributed by atoms with Crippen LogP contribution in [0.1, 0.15) is 35.5 Å². The Balaban J connectivity index is 1.94. The molecule has 0 fully saturated rings. The summed E-state index contributed by atoms with van der Waals surface area (Å²) in [5.74, 6) is -1.03. The Labute approximate surface area is 187 Å². The lowest BCUT2D eigenvalue weighted by Gasteiger charge is -2.27. The zero-order valence-corrected chi connectivity index (χ0v) is 18.9. The van der Waals surface area contributed by atoms with Crippen LogP contribution in [0.3, 0.4) is 0 Å². The first-order valence-corrected chi connectivity index (χ1v) is 11.9. The molecule has 1 heterocycles. The fraction of sp³-hybridized carbons (Fsp3) is 0.250. The van der Waals surface area contributed by atoms with Crippen LogP contribution in [0.4, 0.5) is 4.39 Å². The number of carbonyl (C=O) groups is 1. The Hall–Kier alpha value is -3.26. The topological polar surface area (TPSA) is 72.3 Å². The molecule has 0 spiro atoms. The molecule has 3 aromatic rings. The molecular formula is C24H26FN3O3S. The maximum absolute atomic E-state index is 13.6. The van der Waals surface area contributed by atoms with Crippen LogP contribution >= 0.6 is 0 Å². The molecule has 168 valence electrons. The van der Waals surface area contributed by atoms with Gasteiger partial charge in [-0.2, -0.15) is 0 Å². The number of carbonyl (C=O) groups excluding carboxylic acids is 1. The lowest BCUT2D eigenvalue weighted by Crippen LogP contribution is -2.37. The Kier molecular flexibility index (Phi) is 7.25. The standard InChI is InChI=1S/C24H26FN3O3S/c1-4-13-27-22(15-26-24(27)32(30,31)17-19-9-6-5-7-10-19)16-28(18(2)3)23(29)20-11-8-12-21(25)14-20/h4-12,14-15,18H,1,13,16-17H2,2-3H3. The minimum absolute atomic E-state index is 0.0711. The van der Waals surface area contributed by atoms with E-state index in [0.717, 1.165) is 0 Å². The number of aromatic nitrogens is 2. The molecule has 1 amide bonds. The Morgan fingerprint density at radius 1 is 1.19 bits per heavy atom. The quantitative estimate of drug-likeness (QED) is 0.453. The number of rotatable bonds is 9. The summed E-state index contributed by atoms with van der Waals surface area (Å²) < 4.78 is 41.4. The lowest BCUT2D eigenvalue weighted by atomic mass is 10.1. The van der Waals surface area contributed by atoms with Crippen molar-refractivity contribution in [2.75, 3.05) is 0 Å². The molecule has 0 saturated carbocycles. The highest BCUT2D eigenvalue weighted by Crippen LogP contribution is 2.21. The van der Waals surface area contributed by atoms with E-state index in [9.17, 15) is 17.6 Å². The average molecular weight is 456 g/mol. The van der Waals surface area contributed by atoms with E-state index in [2.05, 4.69) is 11.6 Å². The number of imidazole rings is 1. The van der Waals surface area contributed by atoms with Gasteiger partial charge in [0.15, 0.2) is 0 Å². The van der Waals surface area contributed by atoms with E-state index >= 15 is 0 Å². The minimum atomic E-state index is -3.73. The van der Waals surface area contributed by atoms with Crippen molar-refractivity contribution in [2.45, 2.75) is 43.9 Å². The summed E-state index contributed by atoms with van der Waals surface area (Å²) in [4.78, 5) is 18.8. The molecule has 6 nitrogen and oxygen atoms in total. The number of hydrogen-bond acceptors (Lipinski definition) is 4. The van der Waals surface area contributed by atoms with Crippen molar-refractivity contribution < 1.29 is 17.6 Å². The van der Waals surface area contributed by atoms with E-state index in [-0.39, 0.29) is 41.5 Å².